The van der Waals surface area contributed by atoms with E-state index in [9.17, 15) is 9.18 Å². The summed E-state index contributed by atoms with van der Waals surface area (Å²) in [6.45, 7) is 0.00732. The Morgan fingerprint density at radius 3 is 2.18 bits per heavy atom. The zero-order valence-corrected chi connectivity index (χ0v) is 12.7. The maximum Gasteiger partial charge on any atom is 0.258 e. The van der Waals surface area contributed by atoms with Crippen molar-refractivity contribution in [3.8, 4) is 5.75 Å². The van der Waals surface area contributed by atoms with Crippen molar-refractivity contribution < 1.29 is 13.9 Å². The quantitative estimate of drug-likeness (QED) is 0.927. The number of rotatable bonds is 4. The van der Waals surface area contributed by atoms with Crippen LogP contribution in [0.25, 0.3) is 0 Å². The van der Waals surface area contributed by atoms with E-state index in [2.05, 4.69) is 5.32 Å². The molecule has 4 bridgehead atoms. The minimum atomic E-state index is -0.301. The Hall–Kier alpha value is -1.58. The summed E-state index contributed by atoms with van der Waals surface area (Å²) in [6, 6.07) is 5.78. The van der Waals surface area contributed by atoms with E-state index in [4.69, 9.17) is 4.74 Å². The van der Waals surface area contributed by atoms with Crippen LogP contribution in [0.5, 0.6) is 5.75 Å². The Labute approximate surface area is 130 Å². The zero-order valence-electron chi connectivity index (χ0n) is 12.7. The highest BCUT2D eigenvalue weighted by molar-refractivity contribution is 5.78. The van der Waals surface area contributed by atoms with E-state index in [-0.39, 0.29) is 23.9 Å². The van der Waals surface area contributed by atoms with Gasteiger partial charge in [0.25, 0.3) is 5.91 Å². The van der Waals surface area contributed by atoms with Gasteiger partial charge in [0.2, 0.25) is 0 Å². The van der Waals surface area contributed by atoms with Crippen LogP contribution in [0.4, 0.5) is 4.39 Å². The predicted octanol–water partition coefficient (Wildman–Crippen LogP) is 3.29. The smallest absolute Gasteiger partial charge is 0.258 e. The molecule has 0 radical (unpaired) electrons. The average Bonchev–Trinajstić information content (AvgIpc) is 2.44. The minimum absolute atomic E-state index is 0.00732. The molecule has 0 unspecified atom stereocenters. The highest BCUT2D eigenvalue weighted by Gasteiger charge is 2.51. The number of ether oxygens (including phenoxy) is 1. The molecule has 0 aromatic heterocycles. The Morgan fingerprint density at radius 2 is 1.64 bits per heavy atom. The third-order valence-electron chi connectivity index (χ3n) is 5.63. The van der Waals surface area contributed by atoms with Crippen molar-refractivity contribution in [2.75, 3.05) is 6.61 Å². The SMILES string of the molecule is O=C(COc1ccc(F)cc1)NC12CC3CC(CC(C3)C1)C2. The van der Waals surface area contributed by atoms with Gasteiger partial charge in [0.15, 0.2) is 6.61 Å². The highest BCUT2D eigenvalue weighted by Crippen LogP contribution is 2.55. The largest absolute Gasteiger partial charge is 0.484 e. The van der Waals surface area contributed by atoms with Gasteiger partial charge >= 0.3 is 0 Å². The van der Waals surface area contributed by atoms with Crippen LogP contribution < -0.4 is 10.1 Å². The van der Waals surface area contributed by atoms with Crippen molar-refractivity contribution in [2.45, 2.75) is 44.1 Å². The molecule has 0 atom stereocenters. The molecule has 1 N–H and O–H groups in total. The maximum absolute atomic E-state index is 12.8. The van der Waals surface area contributed by atoms with Gasteiger partial charge in [0, 0.05) is 5.54 Å². The second kappa shape index (κ2) is 5.25. The lowest BCUT2D eigenvalue weighted by molar-refractivity contribution is -0.128. The maximum atomic E-state index is 12.8. The van der Waals surface area contributed by atoms with Gasteiger partial charge in [0.05, 0.1) is 0 Å². The van der Waals surface area contributed by atoms with E-state index < -0.39 is 0 Å². The summed E-state index contributed by atoms with van der Waals surface area (Å²) in [7, 11) is 0. The molecule has 1 aromatic carbocycles. The van der Waals surface area contributed by atoms with Gasteiger partial charge in [-0.3, -0.25) is 4.79 Å². The number of nitrogens with one attached hydrogen (secondary N) is 1. The topological polar surface area (TPSA) is 38.3 Å². The van der Waals surface area contributed by atoms with Gasteiger partial charge in [-0.05, 0) is 80.5 Å². The third kappa shape index (κ3) is 2.71. The van der Waals surface area contributed by atoms with Crippen molar-refractivity contribution in [3.05, 3.63) is 30.1 Å². The molecule has 4 aliphatic rings. The van der Waals surface area contributed by atoms with Crippen molar-refractivity contribution in [1.82, 2.24) is 5.32 Å². The number of benzene rings is 1. The molecule has 22 heavy (non-hydrogen) atoms. The summed E-state index contributed by atoms with van der Waals surface area (Å²) in [5.74, 6) is 2.61. The number of halogens is 1. The number of carbonyl (C=O) groups is 1. The van der Waals surface area contributed by atoms with Gasteiger partial charge in [-0.15, -0.1) is 0 Å². The number of hydrogen-bond donors (Lipinski definition) is 1. The Balaban J connectivity index is 1.35. The molecule has 0 aliphatic heterocycles. The molecular formula is C18H22FNO2. The first-order valence-electron chi connectivity index (χ1n) is 8.30. The van der Waals surface area contributed by atoms with Crippen LogP contribution >= 0.6 is 0 Å². The van der Waals surface area contributed by atoms with Crippen molar-refractivity contribution in [3.63, 3.8) is 0 Å². The van der Waals surface area contributed by atoms with Gasteiger partial charge in [-0.25, -0.2) is 4.39 Å². The molecule has 4 heteroatoms. The number of carbonyl (C=O) groups excluding carboxylic acids is 1. The summed E-state index contributed by atoms with van der Waals surface area (Å²) in [4.78, 5) is 12.3. The van der Waals surface area contributed by atoms with E-state index in [0.717, 1.165) is 37.0 Å². The normalized spacial score (nSPS) is 35.4. The standard InChI is InChI=1S/C18H22FNO2/c19-15-1-3-16(4-2-15)22-11-17(21)20-18-8-12-5-13(9-18)7-14(6-12)10-18/h1-4,12-14H,5-11H2,(H,20,21). The van der Waals surface area contributed by atoms with Crippen molar-refractivity contribution in [2.24, 2.45) is 17.8 Å². The fraction of sp³-hybridized carbons (Fsp3) is 0.611. The Bertz CT molecular complexity index is 534. The fourth-order valence-electron chi connectivity index (χ4n) is 5.28. The van der Waals surface area contributed by atoms with Crippen molar-refractivity contribution >= 4 is 5.91 Å². The minimum Gasteiger partial charge on any atom is -0.484 e. The molecule has 0 spiro atoms. The molecule has 3 nitrogen and oxygen atoms in total. The summed E-state index contributed by atoms with van der Waals surface area (Å²) in [6.07, 6.45) is 7.51. The van der Waals surface area contributed by atoms with Crippen LogP contribution in [0.3, 0.4) is 0 Å². The third-order valence-corrected chi connectivity index (χ3v) is 5.63. The monoisotopic (exact) mass is 303 g/mol. The first kappa shape index (κ1) is 14.0. The van der Waals surface area contributed by atoms with Crippen molar-refractivity contribution in [1.29, 1.82) is 0 Å². The lowest BCUT2D eigenvalue weighted by atomic mass is 9.53. The highest BCUT2D eigenvalue weighted by atomic mass is 19.1. The Morgan fingerprint density at radius 1 is 1.09 bits per heavy atom. The summed E-state index contributed by atoms with van der Waals surface area (Å²) in [5, 5.41) is 3.27. The lowest BCUT2D eigenvalue weighted by Gasteiger charge is -2.56. The van der Waals surface area contributed by atoms with Gasteiger partial charge in [-0.2, -0.15) is 0 Å². The molecule has 4 saturated carbocycles. The molecule has 5 rings (SSSR count). The van der Waals surface area contributed by atoms with E-state index in [1.165, 1.54) is 31.4 Å². The lowest BCUT2D eigenvalue weighted by Crippen LogP contribution is -2.60. The average molecular weight is 303 g/mol. The molecule has 1 amide bonds. The van der Waals surface area contributed by atoms with Gasteiger partial charge < -0.3 is 10.1 Å². The molecule has 0 heterocycles. The van der Waals surface area contributed by atoms with Crippen LogP contribution in [0.2, 0.25) is 0 Å². The zero-order chi connectivity index (χ0) is 15.2. The predicted molar refractivity (Wildman–Crippen MR) is 80.9 cm³/mol. The van der Waals surface area contributed by atoms with E-state index in [1.807, 2.05) is 0 Å². The molecule has 0 saturated heterocycles. The Kier molecular flexibility index (Phi) is 3.35. The summed E-state index contributed by atoms with van der Waals surface area (Å²) < 4.78 is 18.3. The first-order chi connectivity index (χ1) is 10.6. The first-order valence-corrected chi connectivity index (χ1v) is 8.30. The van der Waals surface area contributed by atoms with Crippen LogP contribution in [0, 0.1) is 23.6 Å². The number of amides is 1. The van der Waals surface area contributed by atoms with Crippen LogP contribution in [0.1, 0.15) is 38.5 Å². The van der Waals surface area contributed by atoms with Crippen LogP contribution in [0.15, 0.2) is 24.3 Å². The molecule has 4 aliphatic carbocycles. The summed E-state index contributed by atoms with van der Waals surface area (Å²) in [5.41, 5.74) is 0.0258. The molecular weight excluding hydrogens is 281 g/mol. The molecule has 1 aromatic rings. The van der Waals surface area contributed by atoms with Gasteiger partial charge in [0.1, 0.15) is 11.6 Å². The second-order valence-corrected chi connectivity index (χ2v) is 7.49. The fourth-order valence-corrected chi connectivity index (χ4v) is 5.28. The van der Waals surface area contributed by atoms with Crippen LogP contribution in [-0.2, 0) is 4.79 Å². The van der Waals surface area contributed by atoms with E-state index in [0.29, 0.717) is 5.75 Å². The molecule has 4 fully saturated rings. The second-order valence-electron chi connectivity index (χ2n) is 7.49. The van der Waals surface area contributed by atoms with Gasteiger partial charge in [-0.1, -0.05) is 0 Å². The van der Waals surface area contributed by atoms with E-state index >= 15 is 0 Å². The summed E-state index contributed by atoms with van der Waals surface area (Å²) >= 11 is 0. The molecule has 118 valence electrons. The van der Waals surface area contributed by atoms with Crippen LogP contribution in [-0.4, -0.2) is 18.1 Å². The van der Waals surface area contributed by atoms with E-state index in [1.54, 1.807) is 12.1 Å². The number of hydrogen-bond acceptors (Lipinski definition) is 2.